The van der Waals surface area contributed by atoms with Crippen LogP contribution >= 0.6 is 11.6 Å². The summed E-state index contributed by atoms with van der Waals surface area (Å²) in [5.74, 6) is 0.719. The van der Waals surface area contributed by atoms with Crippen molar-refractivity contribution in [3.8, 4) is 5.75 Å². The number of carbonyl (C=O) groups excluding carboxylic acids is 2. The Bertz CT molecular complexity index is 1180. The molecule has 0 spiro atoms. The smallest absolute Gasteiger partial charge is 0.229 e. The van der Waals surface area contributed by atoms with E-state index in [4.69, 9.17) is 21.4 Å². The first-order valence-corrected chi connectivity index (χ1v) is 10.4. The van der Waals surface area contributed by atoms with E-state index >= 15 is 0 Å². The number of methoxy groups -OCH3 is 1. The monoisotopic (exact) mass is 466 g/mol. The second kappa shape index (κ2) is 11.2. The standard InChI is InChI=1S/C24H23ClN4O4/c1-3-17(31)12-16-6-4-5-7-20(16)27-23-19(25)13-26-24(29-23)28-21-9-8-15(10-18(32)14-30)11-22(21)33-2/h3-9,11,13,30H,1,10,12,14H2,2H3,(H2,26,27,28,29). The zero-order valence-electron chi connectivity index (χ0n) is 18.0. The number of nitrogens with one attached hydrogen (secondary N) is 2. The molecule has 33 heavy (non-hydrogen) atoms. The van der Waals surface area contributed by atoms with Crippen molar-refractivity contribution >= 4 is 46.3 Å². The molecule has 0 saturated heterocycles. The first-order valence-electron chi connectivity index (χ1n) is 10.0. The number of hydrogen-bond donors (Lipinski definition) is 3. The van der Waals surface area contributed by atoms with Crippen molar-refractivity contribution in [3.63, 3.8) is 0 Å². The average molecular weight is 467 g/mol. The summed E-state index contributed by atoms with van der Waals surface area (Å²) in [6, 6.07) is 12.5. The molecule has 3 N–H and O–H groups in total. The maximum Gasteiger partial charge on any atom is 0.229 e. The molecule has 1 heterocycles. The van der Waals surface area contributed by atoms with Gasteiger partial charge < -0.3 is 20.5 Å². The van der Waals surface area contributed by atoms with Crippen molar-refractivity contribution in [1.82, 2.24) is 9.97 Å². The van der Waals surface area contributed by atoms with Gasteiger partial charge in [-0.15, -0.1) is 0 Å². The van der Waals surface area contributed by atoms with E-state index in [0.29, 0.717) is 33.5 Å². The summed E-state index contributed by atoms with van der Waals surface area (Å²) in [7, 11) is 1.51. The Morgan fingerprint density at radius 2 is 1.94 bits per heavy atom. The molecule has 0 atom stereocenters. The zero-order chi connectivity index (χ0) is 23.8. The number of ketones is 2. The number of para-hydroxylation sites is 1. The molecule has 3 rings (SSSR count). The Hall–Kier alpha value is -3.75. The van der Waals surface area contributed by atoms with Crippen molar-refractivity contribution in [2.45, 2.75) is 12.8 Å². The van der Waals surface area contributed by atoms with Gasteiger partial charge in [0.1, 0.15) is 17.4 Å². The molecule has 9 heteroatoms. The number of benzene rings is 2. The predicted molar refractivity (Wildman–Crippen MR) is 128 cm³/mol. The van der Waals surface area contributed by atoms with Gasteiger partial charge >= 0.3 is 0 Å². The lowest BCUT2D eigenvalue weighted by molar-refractivity contribution is -0.121. The maximum absolute atomic E-state index is 11.8. The molecule has 0 unspecified atom stereocenters. The summed E-state index contributed by atoms with van der Waals surface area (Å²) in [5, 5.41) is 15.5. The van der Waals surface area contributed by atoms with E-state index in [1.54, 1.807) is 18.2 Å². The van der Waals surface area contributed by atoms with Crippen molar-refractivity contribution in [3.05, 3.63) is 77.5 Å². The van der Waals surface area contributed by atoms with Crippen LogP contribution in [0, 0.1) is 0 Å². The van der Waals surface area contributed by atoms with E-state index in [-0.39, 0.29) is 30.4 Å². The normalized spacial score (nSPS) is 10.4. The highest BCUT2D eigenvalue weighted by atomic mass is 35.5. The number of halogens is 1. The largest absolute Gasteiger partial charge is 0.495 e. The fourth-order valence-corrected chi connectivity index (χ4v) is 3.19. The van der Waals surface area contributed by atoms with Gasteiger partial charge in [-0.25, -0.2) is 4.98 Å². The molecule has 0 bridgehead atoms. The molecule has 0 saturated carbocycles. The molecular weight excluding hydrogens is 444 g/mol. The van der Waals surface area contributed by atoms with Crippen LogP contribution in [0.25, 0.3) is 0 Å². The third-order valence-electron chi connectivity index (χ3n) is 4.70. The van der Waals surface area contributed by atoms with E-state index in [2.05, 4.69) is 27.2 Å². The minimum Gasteiger partial charge on any atom is -0.495 e. The highest BCUT2D eigenvalue weighted by molar-refractivity contribution is 6.32. The molecule has 0 amide bonds. The lowest BCUT2D eigenvalue weighted by Gasteiger charge is -2.14. The first-order chi connectivity index (χ1) is 15.9. The number of carbonyl (C=O) groups is 2. The highest BCUT2D eigenvalue weighted by Gasteiger charge is 2.13. The van der Waals surface area contributed by atoms with Crippen LogP contribution in [-0.2, 0) is 22.4 Å². The zero-order valence-corrected chi connectivity index (χ0v) is 18.7. The van der Waals surface area contributed by atoms with Crippen molar-refractivity contribution in [2.24, 2.45) is 0 Å². The fourth-order valence-electron chi connectivity index (χ4n) is 3.05. The number of aliphatic hydroxyl groups is 1. The Labute approximate surface area is 196 Å². The summed E-state index contributed by atoms with van der Waals surface area (Å²) in [5.41, 5.74) is 2.76. The van der Waals surface area contributed by atoms with Crippen LogP contribution in [0.1, 0.15) is 11.1 Å². The lowest BCUT2D eigenvalue weighted by Crippen LogP contribution is -2.08. The summed E-state index contributed by atoms with van der Waals surface area (Å²) in [6.07, 6.45) is 3.04. The van der Waals surface area contributed by atoms with E-state index in [0.717, 1.165) is 5.56 Å². The Morgan fingerprint density at radius 3 is 2.67 bits per heavy atom. The molecule has 3 aromatic rings. The van der Waals surface area contributed by atoms with Gasteiger partial charge in [0, 0.05) is 18.5 Å². The van der Waals surface area contributed by atoms with Gasteiger partial charge in [-0.05, 0) is 35.4 Å². The lowest BCUT2D eigenvalue weighted by atomic mass is 10.1. The van der Waals surface area contributed by atoms with Crippen LogP contribution in [0.3, 0.4) is 0 Å². The van der Waals surface area contributed by atoms with Gasteiger partial charge in [0.05, 0.1) is 19.0 Å². The number of hydrogen-bond acceptors (Lipinski definition) is 8. The molecular formula is C24H23ClN4O4. The third-order valence-corrected chi connectivity index (χ3v) is 4.97. The molecule has 1 aromatic heterocycles. The van der Waals surface area contributed by atoms with Crippen molar-refractivity contribution < 1.29 is 19.4 Å². The van der Waals surface area contributed by atoms with Crippen LogP contribution < -0.4 is 15.4 Å². The first kappa shape index (κ1) is 23.9. The van der Waals surface area contributed by atoms with Crippen LogP contribution in [0.2, 0.25) is 5.02 Å². The van der Waals surface area contributed by atoms with Gasteiger partial charge in [-0.1, -0.05) is 42.4 Å². The van der Waals surface area contributed by atoms with Gasteiger partial charge in [-0.2, -0.15) is 4.98 Å². The van der Waals surface area contributed by atoms with E-state index in [1.165, 1.54) is 19.4 Å². The number of aromatic nitrogens is 2. The summed E-state index contributed by atoms with van der Waals surface area (Å²) in [4.78, 5) is 32.0. The average Bonchev–Trinajstić information content (AvgIpc) is 2.83. The number of ether oxygens (including phenoxy) is 1. The van der Waals surface area contributed by atoms with Crippen molar-refractivity contribution in [1.29, 1.82) is 0 Å². The fraction of sp³-hybridized carbons (Fsp3) is 0.167. The summed E-state index contributed by atoms with van der Waals surface area (Å²) >= 11 is 6.30. The molecule has 2 aromatic carbocycles. The quantitative estimate of drug-likeness (QED) is 0.363. The molecule has 170 valence electrons. The van der Waals surface area contributed by atoms with E-state index < -0.39 is 6.61 Å². The minimum atomic E-state index is -0.512. The minimum absolute atomic E-state index is 0.100. The number of rotatable bonds is 11. The number of nitrogens with zero attached hydrogens (tertiary/aromatic N) is 2. The van der Waals surface area contributed by atoms with Crippen LogP contribution in [-0.4, -0.2) is 40.4 Å². The Balaban J connectivity index is 1.84. The van der Waals surface area contributed by atoms with Crippen LogP contribution in [0.4, 0.5) is 23.1 Å². The van der Waals surface area contributed by atoms with E-state index in [1.807, 2.05) is 24.3 Å². The number of allylic oxidation sites excluding steroid dienone is 1. The second-order valence-electron chi connectivity index (χ2n) is 7.05. The van der Waals surface area contributed by atoms with Crippen LogP contribution in [0.5, 0.6) is 5.75 Å². The molecule has 0 aliphatic rings. The summed E-state index contributed by atoms with van der Waals surface area (Å²) < 4.78 is 5.41. The molecule has 0 aliphatic heterocycles. The molecule has 0 fully saturated rings. The molecule has 0 radical (unpaired) electrons. The number of aliphatic hydroxyl groups excluding tert-OH is 1. The second-order valence-corrected chi connectivity index (χ2v) is 7.46. The SMILES string of the molecule is C=CC(=O)Cc1ccccc1Nc1nc(Nc2ccc(CC(=O)CO)cc2OC)ncc1Cl. The van der Waals surface area contributed by atoms with Crippen LogP contribution in [0.15, 0.2) is 61.3 Å². The van der Waals surface area contributed by atoms with Crippen molar-refractivity contribution in [2.75, 3.05) is 24.4 Å². The van der Waals surface area contributed by atoms with Gasteiger partial charge in [-0.3, -0.25) is 9.59 Å². The summed E-state index contributed by atoms with van der Waals surface area (Å²) in [6.45, 7) is 3.00. The van der Waals surface area contributed by atoms with Gasteiger partial charge in [0.25, 0.3) is 0 Å². The maximum atomic E-state index is 11.8. The third kappa shape index (κ3) is 6.38. The Morgan fingerprint density at radius 1 is 1.15 bits per heavy atom. The van der Waals surface area contributed by atoms with Gasteiger partial charge in [0.2, 0.25) is 5.95 Å². The predicted octanol–water partition coefficient (Wildman–Crippen LogP) is 4.03. The Kier molecular flexibility index (Phi) is 8.12. The number of Topliss-reactive ketones (excluding diaryl/α,β-unsaturated/α-hetero) is 1. The number of anilines is 4. The molecule has 0 aliphatic carbocycles. The van der Waals surface area contributed by atoms with Gasteiger partial charge in [0.15, 0.2) is 17.4 Å². The highest BCUT2D eigenvalue weighted by Crippen LogP contribution is 2.30. The van der Waals surface area contributed by atoms with E-state index in [9.17, 15) is 9.59 Å². The topological polar surface area (TPSA) is 113 Å². The molecule has 8 nitrogen and oxygen atoms in total.